The average molecular weight is 334 g/mol. The molecule has 0 radical (unpaired) electrons. The van der Waals surface area contributed by atoms with Gasteiger partial charge in [-0.1, -0.05) is 37.3 Å². The van der Waals surface area contributed by atoms with E-state index in [0.717, 1.165) is 43.7 Å². The molecule has 0 spiro atoms. The number of carbonyl (C=O) groups excluding carboxylic acids is 2. The summed E-state index contributed by atoms with van der Waals surface area (Å²) in [6.07, 6.45) is 3.73. The van der Waals surface area contributed by atoms with E-state index in [1.807, 2.05) is 35.2 Å². The highest BCUT2D eigenvalue weighted by molar-refractivity contribution is 7.99. The van der Waals surface area contributed by atoms with E-state index in [-0.39, 0.29) is 11.8 Å². The molecule has 2 rings (SSSR count). The van der Waals surface area contributed by atoms with Crippen molar-refractivity contribution in [2.45, 2.75) is 38.6 Å². The Hall–Kier alpha value is -1.49. The maximum Gasteiger partial charge on any atom is 0.245 e. The summed E-state index contributed by atoms with van der Waals surface area (Å²) in [6.45, 7) is 3.72. The van der Waals surface area contributed by atoms with E-state index < -0.39 is 6.04 Å². The fourth-order valence-corrected chi connectivity index (χ4v) is 3.45. The van der Waals surface area contributed by atoms with E-state index in [0.29, 0.717) is 12.2 Å². The minimum Gasteiger partial charge on any atom is -0.343 e. The number of thioether (sulfide) groups is 1. The minimum atomic E-state index is -0.453. The molecule has 1 aliphatic heterocycles. The van der Waals surface area contributed by atoms with E-state index in [1.54, 1.807) is 11.8 Å². The molecule has 1 aromatic rings. The van der Waals surface area contributed by atoms with Gasteiger partial charge in [-0.05, 0) is 30.6 Å². The summed E-state index contributed by atoms with van der Waals surface area (Å²) in [5.41, 5.74) is 1.08. The van der Waals surface area contributed by atoms with Gasteiger partial charge in [0, 0.05) is 19.5 Å². The van der Waals surface area contributed by atoms with Crippen molar-refractivity contribution >= 4 is 23.6 Å². The predicted molar refractivity (Wildman–Crippen MR) is 95.5 cm³/mol. The van der Waals surface area contributed by atoms with E-state index >= 15 is 0 Å². The Morgan fingerprint density at radius 1 is 1.22 bits per heavy atom. The second kappa shape index (κ2) is 9.60. The SMILES string of the molecule is CCCSCC(=O)NC(Cc1ccccc1)C(=O)N1CCCC1. The fourth-order valence-electron chi connectivity index (χ4n) is 2.75. The van der Waals surface area contributed by atoms with Crippen LogP contribution in [0.5, 0.6) is 0 Å². The summed E-state index contributed by atoms with van der Waals surface area (Å²) in [4.78, 5) is 26.7. The Balaban J connectivity index is 1.98. The number of nitrogens with zero attached hydrogens (tertiary/aromatic N) is 1. The monoisotopic (exact) mass is 334 g/mol. The Kier molecular flexibility index (Phi) is 7.46. The zero-order chi connectivity index (χ0) is 16.5. The van der Waals surface area contributed by atoms with Gasteiger partial charge >= 0.3 is 0 Å². The van der Waals surface area contributed by atoms with Gasteiger partial charge in [0.25, 0.3) is 0 Å². The van der Waals surface area contributed by atoms with Gasteiger partial charge in [0.15, 0.2) is 0 Å². The molecule has 1 N–H and O–H groups in total. The Labute approximate surface area is 143 Å². The average Bonchev–Trinajstić information content (AvgIpc) is 3.09. The van der Waals surface area contributed by atoms with Crippen molar-refractivity contribution in [2.24, 2.45) is 0 Å². The molecule has 0 bridgehead atoms. The zero-order valence-electron chi connectivity index (χ0n) is 13.8. The normalized spacial score (nSPS) is 15.4. The van der Waals surface area contributed by atoms with Gasteiger partial charge in [-0.2, -0.15) is 11.8 Å². The van der Waals surface area contributed by atoms with Crippen LogP contribution < -0.4 is 5.32 Å². The van der Waals surface area contributed by atoms with Crippen molar-refractivity contribution in [2.75, 3.05) is 24.6 Å². The first-order chi connectivity index (χ1) is 11.2. The van der Waals surface area contributed by atoms with Crippen LogP contribution in [0.25, 0.3) is 0 Å². The van der Waals surface area contributed by atoms with Crippen LogP contribution in [0.2, 0.25) is 0 Å². The van der Waals surface area contributed by atoms with Crippen LogP contribution in [-0.4, -0.2) is 47.4 Å². The molecular formula is C18H26N2O2S. The molecule has 1 fully saturated rings. The summed E-state index contributed by atoms with van der Waals surface area (Å²) in [5, 5.41) is 2.95. The third-order valence-corrected chi connectivity index (χ3v) is 5.08. The maximum atomic E-state index is 12.7. The molecular weight excluding hydrogens is 308 g/mol. The predicted octanol–water partition coefficient (Wildman–Crippen LogP) is 2.48. The summed E-state index contributed by atoms with van der Waals surface area (Å²) in [5.74, 6) is 1.40. The van der Waals surface area contributed by atoms with Crippen molar-refractivity contribution in [1.82, 2.24) is 10.2 Å². The maximum absolute atomic E-state index is 12.7. The summed E-state index contributed by atoms with van der Waals surface area (Å²) in [6, 6.07) is 9.44. The van der Waals surface area contributed by atoms with Crippen LogP contribution in [-0.2, 0) is 16.0 Å². The van der Waals surface area contributed by atoms with Crippen LogP contribution in [0, 0.1) is 0 Å². The van der Waals surface area contributed by atoms with Gasteiger partial charge in [-0.25, -0.2) is 0 Å². The molecule has 1 aliphatic rings. The summed E-state index contributed by atoms with van der Waals surface area (Å²) >= 11 is 1.62. The molecule has 1 heterocycles. The van der Waals surface area contributed by atoms with E-state index in [2.05, 4.69) is 12.2 Å². The third kappa shape index (κ3) is 5.90. The number of rotatable bonds is 8. The molecule has 0 saturated carbocycles. The highest BCUT2D eigenvalue weighted by Gasteiger charge is 2.27. The van der Waals surface area contributed by atoms with E-state index in [1.165, 1.54) is 0 Å². The quantitative estimate of drug-likeness (QED) is 0.743. The van der Waals surface area contributed by atoms with E-state index in [4.69, 9.17) is 0 Å². The topological polar surface area (TPSA) is 49.4 Å². The highest BCUT2D eigenvalue weighted by Crippen LogP contribution is 2.12. The number of amides is 2. The number of likely N-dealkylation sites (tertiary alicyclic amines) is 1. The van der Waals surface area contributed by atoms with Gasteiger partial charge in [0.1, 0.15) is 6.04 Å². The molecule has 1 saturated heterocycles. The largest absolute Gasteiger partial charge is 0.343 e. The zero-order valence-corrected chi connectivity index (χ0v) is 14.6. The molecule has 1 unspecified atom stereocenters. The van der Waals surface area contributed by atoms with Gasteiger partial charge in [0.2, 0.25) is 11.8 Å². The van der Waals surface area contributed by atoms with Crippen LogP contribution in [0.1, 0.15) is 31.7 Å². The summed E-state index contributed by atoms with van der Waals surface area (Å²) in [7, 11) is 0. The molecule has 2 amide bonds. The molecule has 0 aromatic heterocycles. The van der Waals surface area contributed by atoms with Crippen molar-refractivity contribution in [3.63, 3.8) is 0 Å². The fraction of sp³-hybridized carbons (Fsp3) is 0.556. The molecule has 4 nitrogen and oxygen atoms in total. The lowest BCUT2D eigenvalue weighted by Crippen LogP contribution is -2.49. The van der Waals surface area contributed by atoms with Gasteiger partial charge in [0.05, 0.1) is 5.75 Å². The molecule has 126 valence electrons. The minimum absolute atomic E-state index is 0.0445. The second-order valence-corrected chi connectivity index (χ2v) is 7.00. The molecule has 0 aliphatic carbocycles. The number of nitrogens with one attached hydrogen (secondary N) is 1. The summed E-state index contributed by atoms with van der Waals surface area (Å²) < 4.78 is 0. The number of carbonyl (C=O) groups is 2. The van der Waals surface area contributed by atoms with Crippen LogP contribution >= 0.6 is 11.8 Å². The lowest BCUT2D eigenvalue weighted by molar-refractivity contribution is -0.135. The van der Waals surface area contributed by atoms with Crippen molar-refractivity contribution in [3.8, 4) is 0 Å². The van der Waals surface area contributed by atoms with Crippen LogP contribution in [0.15, 0.2) is 30.3 Å². The first kappa shape index (κ1) is 17.9. The van der Waals surface area contributed by atoms with Crippen LogP contribution in [0.3, 0.4) is 0 Å². The van der Waals surface area contributed by atoms with Crippen molar-refractivity contribution < 1.29 is 9.59 Å². The standard InChI is InChI=1S/C18H26N2O2S/c1-2-12-23-14-17(21)19-16(13-15-8-4-3-5-9-15)18(22)20-10-6-7-11-20/h3-5,8-9,16H,2,6-7,10-14H2,1H3,(H,19,21). The molecule has 5 heteroatoms. The Morgan fingerprint density at radius 2 is 1.91 bits per heavy atom. The number of hydrogen-bond acceptors (Lipinski definition) is 3. The number of benzene rings is 1. The van der Waals surface area contributed by atoms with Crippen molar-refractivity contribution in [1.29, 1.82) is 0 Å². The Morgan fingerprint density at radius 3 is 2.57 bits per heavy atom. The third-order valence-electron chi connectivity index (χ3n) is 3.92. The van der Waals surface area contributed by atoms with Crippen LogP contribution in [0.4, 0.5) is 0 Å². The van der Waals surface area contributed by atoms with Gasteiger partial charge in [-0.15, -0.1) is 0 Å². The van der Waals surface area contributed by atoms with Crippen molar-refractivity contribution in [3.05, 3.63) is 35.9 Å². The van der Waals surface area contributed by atoms with Gasteiger partial charge in [-0.3, -0.25) is 9.59 Å². The number of hydrogen-bond donors (Lipinski definition) is 1. The Bertz CT molecular complexity index is 501. The van der Waals surface area contributed by atoms with E-state index in [9.17, 15) is 9.59 Å². The lowest BCUT2D eigenvalue weighted by atomic mass is 10.0. The highest BCUT2D eigenvalue weighted by atomic mass is 32.2. The molecule has 23 heavy (non-hydrogen) atoms. The molecule has 1 atom stereocenters. The molecule has 1 aromatic carbocycles. The lowest BCUT2D eigenvalue weighted by Gasteiger charge is -2.24. The smallest absolute Gasteiger partial charge is 0.245 e. The first-order valence-corrected chi connectivity index (χ1v) is 9.56. The van der Waals surface area contributed by atoms with Gasteiger partial charge < -0.3 is 10.2 Å². The second-order valence-electron chi connectivity index (χ2n) is 5.89. The first-order valence-electron chi connectivity index (χ1n) is 8.40.